The van der Waals surface area contributed by atoms with Crippen molar-refractivity contribution in [3.05, 3.63) is 0 Å². The van der Waals surface area contributed by atoms with Crippen molar-refractivity contribution in [3.63, 3.8) is 0 Å². The summed E-state index contributed by atoms with van der Waals surface area (Å²) in [5.41, 5.74) is -0.599. The van der Waals surface area contributed by atoms with Crippen molar-refractivity contribution in [1.82, 2.24) is 5.32 Å². The molecule has 0 heterocycles. The van der Waals surface area contributed by atoms with Crippen LogP contribution in [0.25, 0.3) is 0 Å². The molecule has 0 amide bonds. The van der Waals surface area contributed by atoms with Gasteiger partial charge in [0.1, 0.15) is 0 Å². The third-order valence-electron chi connectivity index (χ3n) is 3.42. The second-order valence-corrected chi connectivity index (χ2v) is 4.92. The van der Waals surface area contributed by atoms with Crippen LogP contribution in [-0.2, 0) is 4.74 Å². The summed E-state index contributed by atoms with van der Waals surface area (Å²) in [5, 5.41) is 13.4. The molecule has 0 radical (unpaired) electrons. The molecule has 0 aromatic carbocycles. The average molecular weight is 201 g/mol. The highest BCUT2D eigenvalue weighted by Crippen LogP contribution is 2.23. The van der Waals surface area contributed by atoms with E-state index in [0.29, 0.717) is 18.7 Å². The molecule has 1 aliphatic carbocycles. The van der Waals surface area contributed by atoms with E-state index in [4.69, 9.17) is 4.74 Å². The first-order chi connectivity index (χ1) is 6.45. The fraction of sp³-hybridized carbons (Fsp3) is 1.00. The lowest BCUT2D eigenvalue weighted by molar-refractivity contribution is -0.0129. The van der Waals surface area contributed by atoms with Gasteiger partial charge in [-0.25, -0.2) is 0 Å². The molecule has 3 nitrogen and oxygen atoms in total. The van der Waals surface area contributed by atoms with Crippen LogP contribution in [0.3, 0.4) is 0 Å². The fourth-order valence-corrected chi connectivity index (χ4v) is 1.48. The van der Waals surface area contributed by atoms with Crippen LogP contribution in [0.15, 0.2) is 0 Å². The summed E-state index contributed by atoms with van der Waals surface area (Å²) in [4.78, 5) is 0. The van der Waals surface area contributed by atoms with Crippen molar-refractivity contribution < 1.29 is 9.84 Å². The molecular weight excluding hydrogens is 178 g/mol. The molecule has 1 aliphatic rings. The summed E-state index contributed by atoms with van der Waals surface area (Å²) in [6.45, 7) is 6.64. The Labute approximate surface area is 86.8 Å². The lowest BCUT2D eigenvalue weighted by atomic mass is 9.87. The van der Waals surface area contributed by atoms with Crippen molar-refractivity contribution in [2.45, 2.75) is 51.4 Å². The number of aliphatic hydroxyl groups is 1. The van der Waals surface area contributed by atoms with E-state index in [1.54, 1.807) is 7.11 Å². The molecule has 3 heteroatoms. The van der Waals surface area contributed by atoms with Gasteiger partial charge in [0.25, 0.3) is 0 Å². The van der Waals surface area contributed by atoms with Gasteiger partial charge in [-0.2, -0.15) is 0 Å². The van der Waals surface area contributed by atoms with Gasteiger partial charge in [-0.05, 0) is 25.7 Å². The van der Waals surface area contributed by atoms with E-state index >= 15 is 0 Å². The zero-order valence-electron chi connectivity index (χ0n) is 9.71. The van der Waals surface area contributed by atoms with E-state index in [2.05, 4.69) is 5.32 Å². The summed E-state index contributed by atoms with van der Waals surface area (Å²) >= 11 is 0. The predicted molar refractivity (Wildman–Crippen MR) is 57.3 cm³/mol. The van der Waals surface area contributed by atoms with Gasteiger partial charge in [0.2, 0.25) is 0 Å². The minimum atomic E-state index is -0.599. The third-order valence-corrected chi connectivity index (χ3v) is 3.42. The molecule has 0 aliphatic heterocycles. The zero-order chi connectivity index (χ0) is 10.8. The fourth-order valence-electron chi connectivity index (χ4n) is 1.48. The molecule has 1 atom stereocenters. The number of methoxy groups -OCH3 is 1. The maximum atomic E-state index is 9.99. The molecule has 0 aromatic rings. The second kappa shape index (κ2) is 4.60. The Kier molecular flexibility index (Phi) is 3.93. The largest absolute Gasteiger partial charge is 0.389 e. The first-order valence-corrected chi connectivity index (χ1v) is 5.44. The van der Waals surface area contributed by atoms with Crippen LogP contribution in [0.4, 0.5) is 0 Å². The van der Waals surface area contributed by atoms with Crippen LogP contribution >= 0.6 is 0 Å². The van der Waals surface area contributed by atoms with Gasteiger partial charge in [-0.1, -0.05) is 13.8 Å². The van der Waals surface area contributed by atoms with Crippen LogP contribution in [-0.4, -0.2) is 36.5 Å². The number of ether oxygens (including phenoxy) is 1. The van der Waals surface area contributed by atoms with Gasteiger partial charge in [0, 0.05) is 19.7 Å². The van der Waals surface area contributed by atoms with Crippen LogP contribution < -0.4 is 5.32 Å². The van der Waals surface area contributed by atoms with Crippen LogP contribution in [0.2, 0.25) is 0 Å². The van der Waals surface area contributed by atoms with E-state index in [9.17, 15) is 5.11 Å². The molecule has 0 bridgehead atoms. The topological polar surface area (TPSA) is 41.5 Å². The summed E-state index contributed by atoms with van der Waals surface area (Å²) in [6.07, 6.45) is 2.58. The minimum absolute atomic E-state index is 0.285. The predicted octanol–water partition coefficient (Wildman–Crippen LogP) is 1.16. The molecule has 0 spiro atoms. The third kappa shape index (κ3) is 2.94. The van der Waals surface area contributed by atoms with Crippen LogP contribution in [0.1, 0.15) is 33.6 Å². The first kappa shape index (κ1) is 12.0. The average Bonchev–Trinajstić information content (AvgIpc) is 2.01. The van der Waals surface area contributed by atoms with E-state index < -0.39 is 5.60 Å². The highest BCUT2D eigenvalue weighted by Gasteiger charge is 2.31. The summed E-state index contributed by atoms with van der Waals surface area (Å²) < 4.78 is 5.19. The van der Waals surface area contributed by atoms with Crippen molar-refractivity contribution >= 4 is 0 Å². The molecule has 1 unspecified atom stereocenters. The lowest BCUT2D eigenvalue weighted by Crippen LogP contribution is -2.51. The van der Waals surface area contributed by atoms with Crippen molar-refractivity contribution in [2.24, 2.45) is 5.92 Å². The lowest BCUT2D eigenvalue weighted by Gasteiger charge is -2.38. The van der Waals surface area contributed by atoms with Gasteiger partial charge >= 0.3 is 0 Å². The van der Waals surface area contributed by atoms with Crippen LogP contribution in [0, 0.1) is 5.92 Å². The Morgan fingerprint density at radius 2 is 2.07 bits per heavy atom. The molecular formula is C11H23NO2. The number of hydrogen-bond acceptors (Lipinski definition) is 3. The van der Waals surface area contributed by atoms with Crippen molar-refractivity contribution in [1.29, 1.82) is 0 Å². The standard InChI is InChI=1S/C11H23NO2/c1-8(2)11(3,13)7-12-9-5-10(6-9)14-4/h8-10,12-13H,5-7H2,1-4H3. The Morgan fingerprint density at radius 3 is 2.50 bits per heavy atom. The maximum absolute atomic E-state index is 9.99. The van der Waals surface area contributed by atoms with Crippen molar-refractivity contribution in [3.8, 4) is 0 Å². The minimum Gasteiger partial charge on any atom is -0.389 e. The van der Waals surface area contributed by atoms with Gasteiger partial charge in [0.15, 0.2) is 0 Å². The molecule has 2 N–H and O–H groups in total. The molecule has 1 saturated carbocycles. The van der Waals surface area contributed by atoms with Crippen LogP contribution in [0.5, 0.6) is 0 Å². The van der Waals surface area contributed by atoms with Gasteiger partial charge < -0.3 is 15.2 Å². The van der Waals surface area contributed by atoms with Gasteiger partial charge in [0.05, 0.1) is 11.7 Å². The molecule has 14 heavy (non-hydrogen) atoms. The Balaban J connectivity index is 2.16. The number of nitrogens with one attached hydrogen (secondary N) is 1. The van der Waals surface area contributed by atoms with Gasteiger partial charge in [-0.3, -0.25) is 0 Å². The molecule has 84 valence electrons. The highest BCUT2D eigenvalue weighted by atomic mass is 16.5. The van der Waals surface area contributed by atoms with Gasteiger partial charge in [-0.15, -0.1) is 0 Å². The quantitative estimate of drug-likeness (QED) is 0.701. The van der Waals surface area contributed by atoms with E-state index in [1.807, 2.05) is 20.8 Å². The molecule has 0 aromatic heterocycles. The molecule has 1 fully saturated rings. The smallest absolute Gasteiger partial charge is 0.0766 e. The zero-order valence-corrected chi connectivity index (χ0v) is 9.71. The highest BCUT2D eigenvalue weighted by molar-refractivity contribution is 4.89. The SMILES string of the molecule is COC1CC(NCC(C)(O)C(C)C)C1. The summed E-state index contributed by atoms with van der Waals surface area (Å²) in [5.74, 6) is 0.285. The maximum Gasteiger partial charge on any atom is 0.0766 e. The first-order valence-electron chi connectivity index (χ1n) is 5.44. The second-order valence-electron chi connectivity index (χ2n) is 4.92. The molecule has 1 rings (SSSR count). The Hall–Kier alpha value is -0.120. The van der Waals surface area contributed by atoms with E-state index in [-0.39, 0.29) is 5.92 Å². The number of hydrogen-bond donors (Lipinski definition) is 2. The summed E-state index contributed by atoms with van der Waals surface area (Å²) in [7, 11) is 1.76. The Morgan fingerprint density at radius 1 is 1.50 bits per heavy atom. The van der Waals surface area contributed by atoms with Crippen molar-refractivity contribution in [2.75, 3.05) is 13.7 Å². The monoisotopic (exact) mass is 201 g/mol. The molecule has 0 saturated heterocycles. The Bertz CT molecular complexity index is 174. The number of rotatable bonds is 5. The normalized spacial score (nSPS) is 31.3. The van der Waals surface area contributed by atoms with E-state index in [0.717, 1.165) is 12.8 Å². The van der Waals surface area contributed by atoms with E-state index in [1.165, 1.54) is 0 Å². The summed E-state index contributed by atoms with van der Waals surface area (Å²) in [6, 6.07) is 0.533.